The molecule has 2 aromatic carbocycles. The molecule has 0 heterocycles. The molecule has 0 bridgehead atoms. The lowest BCUT2D eigenvalue weighted by molar-refractivity contribution is -0.128. The number of carbonyl (C=O) groups excluding carboxylic acids is 1. The Balaban J connectivity index is 1.89. The van der Waals surface area contributed by atoms with Crippen LogP contribution in [0.5, 0.6) is 11.5 Å². The summed E-state index contributed by atoms with van der Waals surface area (Å²) in [4.78, 5) is 11.8. The van der Waals surface area contributed by atoms with Crippen LogP contribution in [0.15, 0.2) is 48.5 Å². The largest absolute Gasteiger partial charge is 0.494 e. The maximum absolute atomic E-state index is 13.5. The number of hydrogen-bond donors (Lipinski definition) is 0. The van der Waals surface area contributed by atoms with Crippen LogP contribution < -0.4 is 9.47 Å². The molecule has 0 aromatic heterocycles. The zero-order chi connectivity index (χ0) is 18.9. The molecule has 5 heteroatoms. The quantitative estimate of drug-likeness (QED) is 0.410. The molecule has 0 radical (unpaired) electrons. The van der Waals surface area contributed by atoms with Crippen LogP contribution in [0.4, 0.5) is 4.39 Å². The molecule has 0 spiro atoms. The average Bonchev–Trinajstić information content (AvgIpc) is 2.61. The summed E-state index contributed by atoms with van der Waals surface area (Å²) < 4.78 is 24.1. The van der Waals surface area contributed by atoms with Crippen LogP contribution in [0.1, 0.15) is 31.4 Å². The predicted octanol–water partition coefficient (Wildman–Crippen LogP) is 4.74. The van der Waals surface area contributed by atoms with Gasteiger partial charge in [-0.2, -0.15) is 5.26 Å². The van der Waals surface area contributed by atoms with E-state index in [2.05, 4.69) is 13.8 Å². The molecule has 2 aromatic rings. The molecule has 4 nitrogen and oxygen atoms in total. The van der Waals surface area contributed by atoms with E-state index in [9.17, 15) is 9.18 Å². The lowest BCUT2D eigenvalue weighted by atomic mass is 10.1. The van der Waals surface area contributed by atoms with Crippen molar-refractivity contribution in [2.45, 2.75) is 20.3 Å². The molecule has 0 N–H and O–H groups in total. The molecule has 0 aliphatic heterocycles. The van der Waals surface area contributed by atoms with Crippen molar-refractivity contribution >= 4 is 12.0 Å². The number of halogens is 1. The fourth-order valence-corrected chi connectivity index (χ4v) is 2.05. The molecule has 0 atom stereocenters. The summed E-state index contributed by atoms with van der Waals surface area (Å²) >= 11 is 0. The maximum atomic E-state index is 13.5. The molecule has 0 aliphatic carbocycles. The highest BCUT2D eigenvalue weighted by molar-refractivity contribution is 5.88. The number of benzene rings is 2. The Hall–Kier alpha value is -3.13. The van der Waals surface area contributed by atoms with Crippen molar-refractivity contribution in [2.75, 3.05) is 6.61 Å². The maximum Gasteiger partial charge on any atom is 0.336 e. The number of nitrogens with zero attached hydrogens (tertiary/aromatic N) is 1. The van der Waals surface area contributed by atoms with E-state index in [1.165, 1.54) is 18.2 Å². The molecule has 0 saturated carbocycles. The summed E-state index contributed by atoms with van der Waals surface area (Å²) in [6, 6.07) is 12.7. The molecule has 0 unspecified atom stereocenters. The normalized spacial score (nSPS) is 10.7. The van der Waals surface area contributed by atoms with Gasteiger partial charge in [-0.25, -0.2) is 9.18 Å². The van der Waals surface area contributed by atoms with Gasteiger partial charge >= 0.3 is 5.97 Å². The zero-order valence-electron chi connectivity index (χ0n) is 14.7. The van der Waals surface area contributed by atoms with Crippen molar-refractivity contribution in [2.24, 2.45) is 5.92 Å². The molecule has 0 saturated heterocycles. The van der Waals surface area contributed by atoms with Gasteiger partial charge in [0.15, 0.2) is 0 Å². The van der Waals surface area contributed by atoms with Crippen molar-refractivity contribution in [3.63, 3.8) is 0 Å². The minimum Gasteiger partial charge on any atom is -0.494 e. The van der Waals surface area contributed by atoms with Gasteiger partial charge in [-0.05, 0) is 48.2 Å². The van der Waals surface area contributed by atoms with Gasteiger partial charge in [0.1, 0.15) is 23.4 Å². The Labute approximate surface area is 152 Å². The molecule has 0 aliphatic rings. The van der Waals surface area contributed by atoms with E-state index < -0.39 is 11.8 Å². The van der Waals surface area contributed by atoms with E-state index in [1.807, 2.05) is 24.3 Å². The third kappa shape index (κ3) is 6.06. The first-order valence-corrected chi connectivity index (χ1v) is 8.30. The summed E-state index contributed by atoms with van der Waals surface area (Å²) in [5.41, 5.74) is 0.709. The van der Waals surface area contributed by atoms with Crippen LogP contribution in [-0.4, -0.2) is 12.6 Å². The Bertz CT molecular complexity index is 820. The molecule has 2 rings (SSSR count). The summed E-state index contributed by atoms with van der Waals surface area (Å²) in [6.07, 6.45) is 3.84. The SMILES string of the molecule is CC(C)CCOc1ccc(/C=C/C(=O)Oc2ccc(C#N)c(F)c2)cc1. The third-order valence-corrected chi connectivity index (χ3v) is 3.54. The van der Waals surface area contributed by atoms with Crippen molar-refractivity contribution < 1.29 is 18.7 Å². The Morgan fingerprint density at radius 2 is 1.88 bits per heavy atom. The fourth-order valence-electron chi connectivity index (χ4n) is 2.05. The topological polar surface area (TPSA) is 59.3 Å². The smallest absolute Gasteiger partial charge is 0.336 e. The van der Waals surface area contributed by atoms with Crippen molar-refractivity contribution in [3.8, 4) is 17.6 Å². The van der Waals surface area contributed by atoms with Crippen LogP contribution in [-0.2, 0) is 4.79 Å². The van der Waals surface area contributed by atoms with Gasteiger partial charge < -0.3 is 9.47 Å². The van der Waals surface area contributed by atoms with E-state index in [0.717, 1.165) is 23.8 Å². The number of esters is 1. The summed E-state index contributed by atoms with van der Waals surface area (Å²) in [7, 11) is 0. The number of hydrogen-bond acceptors (Lipinski definition) is 4. The predicted molar refractivity (Wildman–Crippen MR) is 97.2 cm³/mol. The minimum atomic E-state index is -0.727. The average molecular weight is 353 g/mol. The standard InChI is InChI=1S/C21H20FNO3/c1-15(2)11-12-25-18-7-3-16(4-8-18)5-10-21(24)26-19-9-6-17(14-23)20(22)13-19/h3-10,13,15H,11-12H2,1-2H3/b10-5+. The molecule has 134 valence electrons. The zero-order valence-corrected chi connectivity index (χ0v) is 14.7. The number of ether oxygens (including phenoxy) is 2. The van der Waals surface area contributed by atoms with Crippen molar-refractivity contribution in [1.29, 1.82) is 5.26 Å². The summed E-state index contributed by atoms with van der Waals surface area (Å²) in [6.45, 7) is 4.95. The van der Waals surface area contributed by atoms with Gasteiger partial charge in [-0.3, -0.25) is 0 Å². The highest BCUT2D eigenvalue weighted by Gasteiger charge is 2.06. The van der Waals surface area contributed by atoms with Crippen molar-refractivity contribution in [3.05, 3.63) is 65.5 Å². The minimum absolute atomic E-state index is 0.0463. The van der Waals surface area contributed by atoms with Crippen LogP contribution in [0.2, 0.25) is 0 Å². The second-order valence-electron chi connectivity index (χ2n) is 6.11. The first-order chi connectivity index (χ1) is 12.5. The third-order valence-electron chi connectivity index (χ3n) is 3.54. The molecular formula is C21H20FNO3. The van der Waals surface area contributed by atoms with E-state index in [0.29, 0.717) is 12.5 Å². The van der Waals surface area contributed by atoms with Crippen LogP contribution >= 0.6 is 0 Å². The van der Waals surface area contributed by atoms with Gasteiger partial charge in [0.25, 0.3) is 0 Å². The Morgan fingerprint density at radius 1 is 1.19 bits per heavy atom. The van der Waals surface area contributed by atoms with Crippen LogP contribution in [0.25, 0.3) is 6.08 Å². The molecule has 0 fully saturated rings. The van der Waals surface area contributed by atoms with Crippen molar-refractivity contribution in [1.82, 2.24) is 0 Å². The van der Waals surface area contributed by atoms with E-state index >= 15 is 0 Å². The van der Waals surface area contributed by atoms with E-state index in [4.69, 9.17) is 14.7 Å². The van der Waals surface area contributed by atoms with Gasteiger partial charge in [0.2, 0.25) is 0 Å². The lowest BCUT2D eigenvalue weighted by Crippen LogP contribution is -2.04. The second kappa shape index (κ2) is 9.38. The highest BCUT2D eigenvalue weighted by atomic mass is 19.1. The fraction of sp³-hybridized carbons (Fsp3) is 0.238. The van der Waals surface area contributed by atoms with E-state index in [1.54, 1.807) is 12.1 Å². The summed E-state index contributed by atoms with van der Waals surface area (Å²) in [5, 5.41) is 8.68. The molecule has 0 amide bonds. The number of carbonyl (C=O) groups is 1. The number of rotatable bonds is 7. The molecule has 26 heavy (non-hydrogen) atoms. The Morgan fingerprint density at radius 3 is 2.50 bits per heavy atom. The summed E-state index contributed by atoms with van der Waals surface area (Å²) in [5.74, 6) is 0.0532. The second-order valence-corrected chi connectivity index (χ2v) is 6.11. The monoisotopic (exact) mass is 353 g/mol. The first-order valence-electron chi connectivity index (χ1n) is 8.30. The van der Waals surface area contributed by atoms with Gasteiger partial charge in [-0.15, -0.1) is 0 Å². The van der Waals surface area contributed by atoms with Gasteiger partial charge in [0.05, 0.1) is 12.2 Å². The van der Waals surface area contributed by atoms with Gasteiger partial charge in [0, 0.05) is 12.1 Å². The van der Waals surface area contributed by atoms with Gasteiger partial charge in [-0.1, -0.05) is 26.0 Å². The van der Waals surface area contributed by atoms with Crippen LogP contribution in [0.3, 0.4) is 0 Å². The van der Waals surface area contributed by atoms with Crippen LogP contribution in [0, 0.1) is 23.1 Å². The molecular weight excluding hydrogens is 333 g/mol. The first kappa shape index (κ1) is 19.2. The number of nitriles is 1. The highest BCUT2D eigenvalue weighted by Crippen LogP contribution is 2.17. The Kier molecular flexibility index (Phi) is 6.92. The van der Waals surface area contributed by atoms with E-state index in [-0.39, 0.29) is 11.3 Å². The lowest BCUT2D eigenvalue weighted by Gasteiger charge is -2.08.